The van der Waals surface area contributed by atoms with E-state index in [4.69, 9.17) is 4.74 Å². The van der Waals surface area contributed by atoms with Gasteiger partial charge in [-0.15, -0.1) is 0 Å². The molecule has 1 unspecified atom stereocenters. The molecule has 2 heteroatoms. The molecule has 0 spiro atoms. The van der Waals surface area contributed by atoms with E-state index in [1.807, 2.05) is 12.2 Å². The van der Waals surface area contributed by atoms with Gasteiger partial charge in [-0.2, -0.15) is 0 Å². The quantitative estimate of drug-likeness (QED) is 0.464. The molecule has 0 N–H and O–H groups in total. The van der Waals surface area contributed by atoms with Gasteiger partial charge in [0.15, 0.2) is 5.78 Å². The highest BCUT2D eigenvalue weighted by atomic mass is 16.5. The van der Waals surface area contributed by atoms with Gasteiger partial charge in [-0.25, -0.2) is 0 Å². The average molecular weight is 168 g/mol. The number of carbonyl (C=O) groups excluding carboxylic acids is 1. The van der Waals surface area contributed by atoms with Crippen LogP contribution in [0.4, 0.5) is 0 Å². The number of allylic oxidation sites excluding steroid dienone is 1. The third kappa shape index (κ3) is 2.78. The maximum absolute atomic E-state index is 11.1. The van der Waals surface area contributed by atoms with Crippen LogP contribution in [0, 0.1) is 0 Å². The molecule has 0 heterocycles. The highest BCUT2D eigenvalue weighted by molar-refractivity contribution is 5.88. The number of carbonyl (C=O) groups is 1. The van der Waals surface area contributed by atoms with Crippen molar-refractivity contribution in [1.82, 2.24) is 0 Å². The van der Waals surface area contributed by atoms with Crippen molar-refractivity contribution in [3.05, 3.63) is 12.2 Å². The molecule has 0 aromatic rings. The van der Waals surface area contributed by atoms with Crippen molar-refractivity contribution in [2.75, 3.05) is 6.61 Å². The predicted octanol–water partition coefficient (Wildman–Crippen LogP) is 2.09. The number of hydrogen-bond acceptors (Lipinski definition) is 2. The van der Waals surface area contributed by atoms with E-state index in [0.29, 0.717) is 13.0 Å². The second-order valence-electron chi connectivity index (χ2n) is 3.10. The summed E-state index contributed by atoms with van der Waals surface area (Å²) >= 11 is 0. The topological polar surface area (TPSA) is 26.3 Å². The Balaban J connectivity index is 2.06. The van der Waals surface area contributed by atoms with Crippen molar-refractivity contribution in [1.29, 1.82) is 0 Å². The smallest absolute Gasteiger partial charge is 0.169 e. The molecule has 68 valence electrons. The van der Waals surface area contributed by atoms with E-state index in [1.165, 1.54) is 12.8 Å². The summed E-state index contributed by atoms with van der Waals surface area (Å²) in [6.07, 6.45) is 7.50. The Morgan fingerprint density at radius 1 is 1.58 bits per heavy atom. The van der Waals surface area contributed by atoms with Crippen LogP contribution >= 0.6 is 0 Å². The van der Waals surface area contributed by atoms with Crippen LogP contribution in [0.15, 0.2) is 12.2 Å². The Morgan fingerprint density at radius 2 is 2.42 bits per heavy atom. The molecule has 1 atom stereocenters. The van der Waals surface area contributed by atoms with Gasteiger partial charge in [0.1, 0.15) is 6.10 Å². The lowest BCUT2D eigenvalue weighted by Gasteiger charge is -2.07. The van der Waals surface area contributed by atoms with Gasteiger partial charge in [0, 0.05) is 13.0 Å². The van der Waals surface area contributed by atoms with Crippen molar-refractivity contribution >= 4 is 5.78 Å². The number of ether oxygens (including phenoxy) is 1. The summed E-state index contributed by atoms with van der Waals surface area (Å²) in [6.45, 7) is 2.87. The Labute approximate surface area is 73.6 Å². The van der Waals surface area contributed by atoms with Crippen LogP contribution in [0.3, 0.4) is 0 Å². The third-order valence-corrected chi connectivity index (χ3v) is 1.99. The van der Waals surface area contributed by atoms with Gasteiger partial charge in [0.2, 0.25) is 0 Å². The molecule has 0 saturated carbocycles. The number of Topliss-reactive ketones (excluding diaryl/α,β-unsaturated/α-hetero) is 1. The number of ketones is 1. The van der Waals surface area contributed by atoms with Crippen LogP contribution in [-0.4, -0.2) is 18.5 Å². The largest absolute Gasteiger partial charge is 0.366 e. The molecule has 2 nitrogen and oxygen atoms in total. The third-order valence-electron chi connectivity index (χ3n) is 1.99. The first-order chi connectivity index (χ1) is 5.84. The van der Waals surface area contributed by atoms with Crippen molar-refractivity contribution in [2.24, 2.45) is 0 Å². The van der Waals surface area contributed by atoms with Crippen LogP contribution < -0.4 is 0 Å². The molecule has 0 amide bonds. The summed E-state index contributed by atoms with van der Waals surface area (Å²) in [4.78, 5) is 11.1. The predicted molar refractivity (Wildman–Crippen MR) is 48.0 cm³/mol. The molecule has 0 fully saturated rings. The monoisotopic (exact) mass is 168 g/mol. The molecule has 0 aliphatic heterocycles. The van der Waals surface area contributed by atoms with Crippen LogP contribution in [0.5, 0.6) is 0 Å². The standard InChI is InChI=1S/C10H16O2/c1-2-3-4-8-12-10-7-5-6-9(10)11/h5,7,10H,2-4,6,8H2,1H3. The Kier molecular flexibility index (Phi) is 4.01. The Bertz CT molecular complexity index is 173. The molecule has 0 aromatic carbocycles. The van der Waals surface area contributed by atoms with Crippen LogP contribution in [-0.2, 0) is 9.53 Å². The molecule has 1 aliphatic rings. The SMILES string of the molecule is CCCCCOC1C=CCC1=O. The molecule has 12 heavy (non-hydrogen) atoms. The molecule has 0 aromatic heterocycles. The highest BCUT2D eigenvalue weighted by Crippen LogP contribution is 2.09. The first-order valence-electron chi connectivity index (χ1n) is 4.65. The first-order valence-corrected chi connectivity index (χ1v) is 4.65. The zero-order chi connectivity index (χ0) is 8.81. The van der Waals surface area contributed by atoms with Gasteiger partial charge in [-0.3, -0.25) is 4.79 Å². The van der Waals surface area contributed by atoms with E-state index >= 15 is 0 Å². The summed E-state index contributed by atoms with van der Waals surface area (Å²) in [5.74, 6) is 0.200. The maximum atomic E-state index is 11.1. The highest BCUT2D eigenvalue weighted by Gasteiger charge is 2.18. The van der Waals surface area contributed by atoms with Crippen LogP contribution in [0.25, 0.3) is 0 Å². The summed E-state index contributed by atoms with van der Waals surface area (Å²) in [5, 5.41) is 0. The zero-order valence-corrected chi connectivity index (χ0v) is 7.58. The van der Waals surface area contributed by atoms with E-state index < -0.39 is 0 Å². The minimum atomic E-state index is -0.234. The van der Waals surface area contributed by atoms with Gasteiger partial charge in [-0.1, -0.05) is 31.9 Å². The van der Waals surface area contributed by atoms with E-state index in [-0.39, 0.29) is 11.9 Å². The second kappa shape index (κ2) is 5.09. The second-order valence-corrected chi connectivity index (χ2v) is 3.10. The lowest BCUT2D eigenvalue weighted by Crippen LogP contribution is -2.17. The fourth-order valence-corrected chi connectivity index (χ4v) is 1.24. The van der Waals surface area contributed by atoms with Gasteiger partial charge in [0.05, 0.1) is 0 Å². The summed E-state index contributed by atoms with van der Waals surface area (Å²) in [5.41, 5.74) is 0. The van der Waals surface area contributed by atoms with Crippen LogP contribution in [0.2, 0.25) is 0 Å². The maximum Gasteiger partial charge on any atom is 0.169 e. The van der Waals surface area contributed by atoms with E-state index in [2.05, 4.69) is 6.92 Å². The Morgan fingerprint density at radius 3 is 3.00 bits per heavy atom. The van der Waals surface area contributed by atoms with Crippen molar-refractivity contribution in [3.63, 3.8) is 0 Å². The molecule has 1 rings (SSSR count). The molecular weight excluding hydrogens is 152 g/mol. The molecule has 1 aliphatic carbocycles. The lowest BCUT2D eigenvalue weighted by atomic mass is 10.2. The summed E-state index contributed by atoms with van der Waals surface area (Å²) < 4.78 is 5.38. The minimum Gasteiger partial charge on any atom is -0.366 e. The zero-order valence-electron chi connectivity index (χ0n) is 7.58. The van der Waals surface area contributed by atoms with Crippen LogP contribution in [0.1, 0.15) is 32.6 Å². The number of hydrogen-bond donors (Lipinski definition) is 0. The summed E-state index contributed by atoms with van der Waals surface area (Å²) in [6, 6.07) is 0. The molecular formula is C10H16O2. The van der Waals surface area contributed by atoms with E-state index in [9.17, 15) is 4.79 Å². The fraction of sp³-hybridized carbons (Fsp3) is 0.700. The number of rotatable bonds is 5. The molecule has 0 saturated heterocycles. The van der Waals surface area contributed by atoms with Gasteiger partial charge < -0.3 is 4.74 Å². The van der Waals surface area contributed by atoms with E-state index in [0.717, 1.165) is 6.42 Å². The fourth-order valence-electron chi connectivity index (χ4n) is 1.24. The minimum absolute atomic E-state index is 0.200. The van der Waals surface area contributed by atoms with Crippen molar-refractivity contribution in [2.45, 2.75) is 38.7 Å². The lowest BCUT2D eigenvalue weighted by molar-refractivity contribution is -0.125. The Hall–Kier alpha value is -0.630. The number of unbranched alkanes of at least 4 members (excludes halogenated alkanes) is 2. The van der Waals surface area contributed by atoms with E-state index in [1.54, 1.807) is 0 Å². The average Bonchev–Trinajstić information content (AvgIpc) is 2.46. The van der Waals surface area contributed by atoms with Crippen molar-refractivity contribution < 1.29 is 9.53 Å². The van der Waals surface area contributed by atoms with Gasteiger partial charge >= 0.3 is 0 Å². The molecule has 0 bridgehead atoms. The summed E-state index contributed by atoms with van der Waals surface area (Å²) in [7, 11) is 0. The first kappa shape index (κ1) is 9.46. The van der Waals surface area contributed by atoms with Crippen molar-refractivity contribution in [3.8, 4) is 0 Å². The van der Waals surface area contributed by atoms with Gasteiger partial charge in [-0.05, 0) is 6.42 Å². The van der Waals surface area contributed by atoms with Gasteiger partial charge in [0.25, 0.3) is 0 Å². The molecule has 0 radical (unpaired) electrons. The normalized spacial score (nSPS) is 22.1.